The molecule has 2 aromatic rings. The van der Waals surface area contributed by atoms with Crippen molar-refractivity contribution >= 4 is 11.3 Å². The maximum absolute atomic E-state index is 5.86. The van der Waals surface area contributed by atoms with Crippen LogP contribution in [0.4, 0.5) is 0 Å². The summed E-state index contributed by atoms with van der Waals surface area (Å²) in [7, 11) is 2.15. The van der Waals surface area contributed by atoms with E-state index in [9.17, 15) is 0 Å². The fraction of sp³-hybridized carbons (Fsp3) is 0.529. The highest BCUT2D eigenvalue weighted by Crippen LogP contribution is 2.18. The van der Waals surface area contributed by atoms with Crippen LogP contribution in [0.1, 0.15) is 43.4 Å². The monoisotopic (exact) mass is 306 g/mol. The van der Waals surface area contributed by atoms with E-state index in [0.717, 1.165) is 31.2 Å². The van der Waals surface area contributed by atoms with Gasteiger partial charge in [0.2, 0.25) is 0 Å². The van der Waals surface area contributed by atoms with E-state index in [4.69, 9.17) is 4.42 Å². The molecule has 0 fully saturated rings. The number of rotatable bonds is 6. The molecule has 0 saturated heterocycles. The van der Waals surface area contributed by atoms with Crippen LogP contribution in [0.2, 0.25) is 0 Å². The van der Waals surface area contributed by atoms with Crippen molar-refractivity contribution in [3.63, 3.8) is 0 Å². The molecule has 21 heavy (non-hydrogen) atoms. The first-order chi connectivity index (χ1) is 9.83. The van der Waals surface area contributed by atoms with Crippen LogP contribution in [0.15, 0.2) is 27.3 Å². The van der Waals surface area contributed by atoms with E-state index in [-0.39, 0.29) is 5.54 Å². The Morgan fingerprint density at radius 1 is 1.29 bits per heavy atom. The largest absolute Gasteiger partial charge is 0.465 e. The summed E-state index contributed by atoms with van der Waals surface area (Å²) in [6, 6.07) is 4.36. The third kappa shape index (κ3) is 5.30. The van der Waals surface area contributed by atoms with E-state index >= 15 is 0 Å². The molecule has 0 radical (unpaired) electrons. The molecule has 3 nitrogen and oxygen atoms in total. The Hall–Kier alpha value is -1.10. The summed E-state index contributed by atoms with van der Waals surface area (Å²) >= 11 is 1.75. The van der Waals surface area contributed by atoms with Crippen molar-refractivity contribution < 1.29 is 4.42 Å². The van der Waals surface area contributed by atoms with E-state index < -0.39 is 0 Å². The normalized spacial score (nSPS) is 12.3. The van der Waals surface area contributed by atoms with Gasteiger partial charge in [0.15, 0.2) is 0 Å². The zero-order valence-electron chi connectivity index (χ0n) is 13.7. The first kappa shape index (κ1) is 16.3. The molecular weight excluding hydrogens is 280 g/mol. The number of nitrogens with one attached hydrogen (secondary N) is 1. The minimum Gasteiger partial charge on any atom is -0.465 e. The molecule has 0 unspecified atom stereocenters. The Kier molecular flexibility index (Phi) is 5.25. The molecule has 0 bridgehead atoms. The lowest BCUT2D eigenvalue weighted by Gasteiger charge is -2.19. The number of hydrogen-bond acceptors (Lipinski definition) is 4. The molecule has 0 spiro atoms. The van der Waals surface area contributed by atoms with Crippen molar-refractivity contribution in [2.24, 2.45) is 0 Å². The number of hydrogen-bond donors (Lipinski definition) is 1. The van der Waals surface area contributed by atoms with Crippen LogP contribution in [0.3, 0.4) is 0 Å². The lowest BCUT2D eigenvalue weighted by molar-refractivity contribution is 0.316. The SMILES string of the molecule is Cc1oc(CNC(C)(C)C)cc1CN(C)Cc1ccsc1. The van der Waals surface area contributed by atoms with Crippen LogP contribution >= 0.6 is 11.3 Å². The van der Waals surface area contributed by atoms with Gasteiger partial charge in [-0.25, -0.2) is 0 Å². The maximum atomic E-state index is 5.86. The quantitative estimate of drug-likeness (QED) is 0.868. The van der Waals surface area contributed by atoms with Crippen LogP contribution < -0.4 is 5.32 Å². The summed E-state index contributed by atoms with van der Waals surface area (Å²) in [5.41, 5.74) is 2.76. The zero-order chi connectivity index (χ0) is 15.5. The van der Waals surface area contributed by atoms with Crippen LogP contribution in [-0.2, 0) is 19.6 Å². The van der Waals surface area contributed by atoms with Gasteiger partial charge in [-0.2, -0.15) is 11.3 Å². The molecule has 2 rings (SSSR count). The van der Waals surface area contributed by atoms with Gasteiger partial charge in [0.25, 0.3) is 0 Å². The topological polar surface area (TPSA) is 28.4 Å². The van der Waals surface area contributed by atoms with Crippen molar-refractivity contribution in [3.8, 4) is 0 Å². The Balaban J connectivity index is 1.92. The third-order valence-corrected chi connectivity index (χ3v) is 4.07. The highest BCUT2D eigenvalue weighted by molar-refractivity contribution is 7.07. The molecule has 0 amide bonds. The summed E-state index contributed by atoms with van der Waals surface area (Å²) < 4.78 is 5.86. The first-order valence-corrected chi connectivity index (χ1v) is 8.30. The van der Waals surface area contributed by atoms with E-state index in [0.29, 0.717) is 0 Å². The minimum absolute atomic E-state index is 0.108. The van der Waals surface area contributed by atoms with Gasteiger partial charge in [-0.1, -0.05) is 0 Å². The summed E-state index contributed by atoms with van der Waals surface area (Å²) in [6.07, 6.45) is 0. The van der Waals surface area contributed by atoms with E-state index in [1.165, 1.54) is 11.1 Å². The van der Waals surface area contributed by atoms with Crippen LogP contribution in [0, 0.1) is 6.92 Å². The number of furan rings is 1. The van der Waals surface area contributed by atoms with Crippen molar-refractivity contribution in [3.05, 3.63) is 45.5 Å². The van der Waals surface area contributed by atoms with E-state index in [1.54, 1.807) is 11.3 Å². The molecule has 4 heteroatoms. The predicted octanol–water partition coefficient (Wildman–Crippen LogP) is 4.17. The van der Waals surface area contributed by atoms with Crippen molar-refractivity contribution in [2.45, 2.75) is 52.9 Å². The van der Waals surface area contributed by atoms with E-state index in [1.807, 2.05) is 6.92 Å². The van der Waals surface area contributed by atoms with Gasteiger partial charge in [-0.05, 0) is 63.2 Å². The van der Waals surface area contributed by atoms with Gasteiger partial charge in [0, 0.05) is 24.2 Å². The molecule has 0 saturated carbocycles. The fourth-order valence-electron chi connectivity index (χ4n) is 2.22. The average molecular weight is 306 g/mol. The molecular formula is C17H26N2OS. The molecule has 0 aliphatic heterocycles. The van der Waals surface area contributed by atoms with Crippen molar-refractivity contribution in [1.29, 1.82) is 0 Å². The fourth-order valence-corrected chi connectivity index (χ4v) is 2.88. The Bertz CT molecular complexity index is 552. The molecule has 2 aromatic heterocycles. The third-order valence-electron chi connectivity index (χ3n) is 3.34. The number of aryl methyl sites for hydroxylation is 1. The Labute approximate surface area is 132 Å². The van der Waals surface area contributed by atoms with E-state index in [2.05, 4.69) is 60.9 Å². The van der Waals surface area contributed by atoms with Gasteiger partial charge in [0.1, 0.15) is 11.5 Å². The molecule has 0 aromatic carbocycles. The van der Waals surface area contributed by atoms with Gasteiger partial charge in [-0.3, -0.25) is 4.90 Å². The molecule has 1 N–H and O–H groups in total. The molecule has 2 heterocycles. The lowest BCUT2D eigenvalue weighted by Crippen LogP contribution is -2.34. The van der Waals surface area contributed by atoms with Gasteiger partial charge < -0.3 is 9.73 Å². The molecule has 0 aliphatic carbocycles. The Morgan fingerprint density at radius 3 is 2.67 bits per heavy atom. The lowest BCUT2D eigenvalue weighted by atomic mass is 10.1. The van der Waals surface area contributed by atoms with Crippen molar-refractivity contribution in [2.75, 3.05) is 7.05 Å². The van der Waals surface area contributed by atoms with Gasteiger partial charge in [0.05, 0.1) is 6.54 Å². The maximum Gasteiger partial charge on any atom is 0.118 e. The van der Waals surface area contributed by atoms with Crippen molar-refractivity contribution in [1.82, 2.24) is 10.2 Å². The Morgan fingerprint density at radius 2 is 2.05 bits per heavy atom. The first-order valence-electron chi connectivity index (χ1n) is 7.36. The van der Waals surface area contributed by atoms with Gasteiger partial charge in [-0.15, -0.1) is 0 Å². The summed E-state index contributed by atoms with van der Waals surface area (Å²) in [5.74, 6) is 2.04. The summed E-state index contributed by atoms with van der Waals surface area (Å²) in [6.45, 7) is 11.2. The number of nitrogens with zero attached hydrogens (tertiary/aromatic N) is 1. The summed E-state index contributed by atoms with van der Waals surface area (Å²) in [4.78, 5) is 2.32. The summed E-state index contributed by atoms with van der Waals surface area (Å²) in [5, 5.41) is 7.80. The van der Waals surface area contributed by atoms with Crippen LogP contribution in [-0.4, -0.2) is 17.5 Å². The van der Waals surface area contributed by atoms with Crippen LogP contribution in [0.25, 0.3) is 0 Å². The molecule has 116 valence electrons. The second-order valence-corrected chi connectivity index (χ2v) is 7.48. The molecule has 0 atom stereocenters. The number of thiophene rings is 1. The second kappa shape index (κ2) is 6.77. The highest BCUT2D eigenvalue weighted by atomic mass is 32.1. The van der Waals surface area contributed by atoms with Crippen LogP contribution in [0.5, 0.6) is 0 Å². The minimum atomic E-state index is 0.108. The smallest absolute Gasteiger partial charge is 0.118 e. The molecule has 0 aliphatic rings. The zero-order valence-corrected chi connectivity index (χ0v) is 14.5. The second-order valence-electron chi connectivity index (χ2n) is 6.70. The predicted molar refractivity (Wildman–Crippen MR) is 89.5 cm³/mol. The standard InChI is InChI=1S/C17H26N2OS/c1-13-15(8-16(20-13)9-18-17(2,3)4)11-19(5)10-14-6-7-21-12-14/h6-8,12,18H,9-11H2,1-5H3. The highest BCUT2D eigenvalue weighted by Gasteiger charge is 2.13. The average Bonchev–Trinajstić information content (AvgIpc) is 2.97. The van der Waals surface area contributed by atoms with Gasteiger partial charge >= 0.3 is 0 Å².